The number of hydrogen-bond donors (Lipinski definition) is 2. The van der Waals surface area contributed by atoms with Gasteiger partial charge in [0.25, 0.3) is 0 Å². The maximum atomic E-state index is 8.85. The van der Waals surface area contributed by atoms with Gasteiger partial charge in [-0.15, -0.1) is 0 Å². The molecule has 0 spiro atoms. The number of hydrogen-bond acceptors (Lipinski definition) is 5. The maximum absolute atomic E-state index is 8.85. The third-order valence-electron chi connectivity index (χ3n) is 3.54. The summed E-state index contributed by atoms with van der Waals surface area (Å²) in [6.45, 7) is 2.33. The molecule has 2 N–H and O–H groups in total. The van der Waals surface area contributed by atoms with Gasteiger partial charge >= 0.3 is 0 Å². The molecule has 0 fully saturated rings. The average Bonchev–Trinajstić information content (AvgIpc) is 2.52. The molecule has 5 nitrogen and oxygen atoms in total. The number of rotatable bonds is 4. The third kappa shape index (κ3) is 3.33. The number of nitrogens with zero attached hydrogens (tertiary/aromatic N) is 3. The Balaban J connectivity index is 1.79. The molecule has 0 saturated carbocycles. The fourth-order valence-electron chi connectivity index (χ4n) is 2.50. The molecular weight excluding hydrogens is 332 g/mol. The number of aliphatic hydroxyl groups excluding tert-OH is 1. The van der Waals surface area contributed by atoms with Gasteiger partial charge in [-0.2, -0.15) is 4.98 Å². The van der Waals surface area contributed by atoms with E-state index in [-0.39, 0.29) is 6.61 Å². The Kier molecular flexibility index (Phi) is 4.36. The van der Waals surface area contributed by atoms with E-state index in [2.05, 4.69) is 54.3 Å². The number of aromatic nitrogens is 2. The van der Waals surface area contributed by atoms with Crippen LogP contribution in [0.1, 0.15) is 11.1 Å². The number of nitrogens with one attached hydrogen (secondary N) is 1. The van der Waals surface area contributed by atoms with Gasteiger partial charge in [0.15, 0.2) is 0 Å². The Morgan fingerprint density at radius 2 is 2.19 bits per heavy atom. The fraction of sp³-hybridized carbons (Fsp3) is 0.333. The van der Waals surface area contributed by atoms with Crippen LogP contribution in [0.3, 0.4) is 0 Å². The van der Waals surface area contributed by atoms with E-state index < -0.39 is 0 Å². The highest BCUT2D eigenvalue weighted by atomic mass is 79.9. The second-order valence-electron chi connectivity index (χ2n) is 4.97. The van der Waals surface area contributed by atoms with Crippen molar-refractivity contribution < 1.29 is 5.11 Å². The number of aliphatic hydroxyl groups is 1. The van der Waals surface area contributed by atoms with Crippen LogP contribution in [0.25, 0.3) is 0 Å². The van der Waals surface area contributed by atoms with Gasteiger partial charge in [-0.05, 0) is 35.7 Å². The number of benzene rings is 1. The van der Waals surface area contributed by atoms with Crippen LogP contribution in [0, 0.1) is 0 Å². The molecule has 0 saturated heterocycles. The highest BCUT2D eigenvalue weighted by molar-refractivity contribution is 9.10. The van der Waals surface area contributed by atoms with E-state index in [9.17, 15) is 0 Å². The average molecular weight is 349 g/mol. The van der Waals surface area contributed by atoms with Crippen molar-refractivity contribution in [3.8, 4) is 0 Å². The van der Waals surface area contributed by atoms with Crippen molar-refractivity contribution in [2.45, 2.75) is 13.0 Å². The van der Waals surface area contributed by atoms with Crippen LogP contribution in [-0.4, -0.2) is 34.8 Å². The predicted octanol–water partition coefficient (Wildman–Crippen LogP) is 2.21. The molecule has 1 aromatic carbocycles. The Morgan fingerprint density at radius 3 is 3.05 bits per heavy atom. The van der Waals surface area contributed by atoms with Crippen LogP contribution in [0.2, 0.25) is 0 Å². The molecule has 0 radical (unpaired) electrons. The summed E-state index contributed by atoms with van der Waals surface area (Å²) in [6, 6.07) is 8.38. The van der Waals surface area contributed by atoms with Gasteiger partial charge < -0.3 is 15.3 Å². The Bertz CT molecular complexity index is 635. The summed E-state index contributed by atoms with van der Waals surface area (Å²) in [6.07, 6.45) is 2.77. The van der Waals surface area contributed by atoms with Gasteiger partial charge in [0.1, 0.15) is 5.82 Å². The molecule has 110 valence electrons. The summed E-state index contributed by atoms with van der Waals surface area (Å²) in [4.78, 5) is 10.9. The summed E-state index contributed by atoms with van der Waals surface area (Å²) in [5, 5.41) is 11.8. The zero-order chi connectivity index (χ0) is 14.7. The first-order chi connectivity index (χ1) is 10.3. The van der Waals surface area contributed by atoms with Gasteiger partial charge in [-0.1, -0.05) is 22.0 Å². The van der Waals surface area contributed by atoms with Gasteiger partial charge in [-0.25, -0.2) is 4.98 Å². The van der Waals surface area contributed by atoms with E-state index in [1.807, 2.05) is 6.07 Å². The molecule has 1 aromatic heterocycles. The minimum absolute atomic E-state index is 0.0682. The van der Waals surface area contributed by atoms with Crippen LogP contribution in [0.5, 0.6) is 0 Å². The number of anilines is 2. The molecule has 2 heterocycles. The molecule has 6 heteroatoms. The van der Waals surface area contributed by atoms with Crippen molar-refractivity contribution in [3.63, 3.8) is 0 Å². The summed E-state index contributed by atoms with van der Waals surface area (Å²) < 4.78 is 1.11. The lowest BCUT2D eigenvalue weighted by atomic mass is 10.00. The Labute approximate surface area is 132 Å². The first-order valence-corrected chi connectivity index (χ1v) is 7.75. The summed E-state index contributed by atoms with van der Waals surface area (Å²) in [5.41, 5.74) is 2.74. The van der Waals surface area contributed by atoms with Crippen molar-refractivity contribution in [2.75, 3.05) is 29.9 Å². The molecule has 2 aromatic rings. The minimum Gasteiger partial charge on any atom is -0.395 e. The lowest BCUT2D eigenvalue weighted by Gasteiger charge is -2.30. The molecule has 0 aliphatic carbocycles. The molecule has 0 bridgehead atoms. The molecule has 0 atom stereocenters. The first-order valence-electron chi connectivity index (χ1n) is 6.96. The smallest absolute Gasteiger partial charge is 0.224 e. The summed E-state index contributed by atoms with van der Waals surface area (Å²) in [7, 11) is 0. The molecule has 0 amide bonds. The van der Waals surface area contributed by atoms with Crippen LogP contribution < -0.4 is 10.2 Å². The quantitative estimate of drug-likeness (QED) is 0.886. The van der Waals surface area contributed by atoms with Crippen molar-refractivity contribution in [1.29, 1.82) is 0 Å². The van der Waals surface area contributed by atoms with Gasteiger partial charge in [0.05, 0.1) is 6.61 Å². The summed E-state index contributed by atoms with van der Waals surface area (Å²) in [5.74, 6) is 1.47. The highest BCUT2D eigenvalue weighted by Gasteiger charge is 2.18. The highest BCUT2D eigenvalue weighted by Crippen LogP contribution is 2.25. The largest absolute Gasteiger partial charge is 0.395 e. The number of halogens is 1. The van der Waals surface area contributed by atoms with E-state index in [1.54, 1.807) is 6.20 Å². The fourth-order valence-corrected chi connectivity index (χ4v) is 2.91. The first kappa shape index (κ1) is 14.3. The Hall–Kier alpha value is -1.66. The molecular formula is C15H17BrN4O. The van der Waals surface area contributed by atoms with Gasteiger partial charge in [0.2, 0.25) is 5.95 Å². The normalized spacial score (nSPS) is 13.9. The maximum Gasteiger partial charge on any atom is 0.224 e. The zero-order valence-electron chi connectivity index (χ0n) is 11.6. The van der Waals surface area contributed by atoms with E-state index in [4.69, 9.17) is 5.11 Å². The van der Waals surface area contributed by atoms with E-state index >= 15 is 0 Å². The SMILES string of the molecule is OCCNc1nccc(N2CCc3ccc(Br)cc3C2)n1. The van der Waals surface area contributed by atoms with Crippen LogP contribution in [0.15, 0.2) is 34.9 Å². The van der Waals surface area contributed by atoms with Crippen molar-refractivity contribution >= 4 is 27.7 Å². The monoisotopic (exact) mass is 348 g/mol. The van der Waals surface area contributed by atoms with Crippen molar-refractivity contribution in [3.05, 3.63) is 46.1 Å². The van der Waals surface area contributed by atoms with Crippen molar-refractivity contribution in [2.24, 2.45) is 0 Å². The standard InChI is InChI=1S/C15H17BrN4O/c16-13-2-1-11-4-7-20(10-12(11)9-13)14-3-5-17-15(19-14)18-6-8-21/h1-3,5,9,21H,4,6-8,10H2,(H,17,18,19). The van der Waals surface area contributed by atoms with Gasteiger partial charge in [-0.3, -0.25) is 0 Å². The third-order valence-corrected chi connectivity index (χ3v) is 4.03. The number of fused-ring (bicyclic) bond motifs is 1. The predicted molar refractivity (Wildman–Crippen MR) is 86.5 cm³/mol. The lowest BCUT2D eigenvalue weighted by molar-refractivity contribution is 0.311. The van der Waals surface area contributed by atoms with Crippen LogP contribution in [-0.2, 0) is 13.0 Å². The van der Waals surface area contributed by atoms with E-state index in [0.717, 1.165) is 29.8 Å². The molecule has 21 heavy (non-hydrogen) atoms. The molecule has 1 aliphatic rings. The van der Waals surface area contributed by atoms with Crippen LogP contribution in [0.4, 0.5) is 11.8 Å². The summed E-state index contributed by atoms with van der Waals surface area (Å²) >= 11 is 3.53. The van der Waals surface area contributed by atoms with Gasteiger partial charge in [0, 0.05) is 30.3 Å². The zero-order valence-corrected chi connectivity index (χ0v) is 13.2. The second-order valence-corrected chi connectivity index (χ2v) is 5.89. The second kappa shape index (κ2) is 6.41. The molecule has 1 aliphatic heterocycles. The molecule has 0 unspecified atom stereocenters. The minimum atomic E-state index is 0.0682. The Morgan fingerprint density at radius 1 is 1.29 bits per heavy atom. The molecule has 3 rings (SSSR count). The lowest BCUT2D eigenvalue weighted by Crippen LogP contribution is -2.31. The van der Waals surface area contributed by atoms with E-state index in [1.165, 1.54) is 11.1 Å². The topological polar surface area (TPSA) is 61.3 Å². The van der Waals surface area contributed by atoms with E-state index in [0.29, 0.717) is 12.5 Å². The van der Waals surface area contributed by atoms with Crippen molar-refractivity contribution in [1.82, 2.24) is 9.97 Å². The van der Waals surface area contributed by atoms with Crippen LogP contribution >= 0.6 is 15.9 Å².